The van der Waals surface area contributed by atoms with Gasteiger partial charge in [0, 0.05) is 11.9 Å². The average Bonchev–Trinajstić information content (AvgIpc) is 3.07. The SMILES string of the molecule is CCNC(=O)[C@@H](C)OC(=O)c1cc(-c2ccc(Cl)s2)nc2ccccc12. The van der Waals surface area contributed by atoms with Gasteiger partial charge < -0.3 is 10.1 Å². The zero-order chi connectivity index (χ0) is 18.7. The number of para-hydroxylation sites is 1. The number of carbonyl (C=O) groups excluding carboxylic acids is 2. The van der Waals surface area contributed by atoms with Crippen molar-refractivity contribution in [3.8, 4) is 10.6 Å². The second-order valence-corrected chi connectivity index (χ2v) is 7.33. The number of thiophene rings is 1. The van der Waals surface area contributed by atoms with E-state index in [4.69, 9.17) is 16.3 Å². The number of likely N-dealkylation sites (N-methyl/N-ethyl adjacent to an activating group) is 1. The number of fused-ring (bicyclic) bond motifs is 1. The molecular formula is C19H17ClN2O3S. The Morgan fingerprint density at radius 2 is 2.04 bits per heavy atom. The van der Waals surface area contributed by atoms with Gasteiger partial charge in [0.1, 0.15) is 0 Å². The van der Waals surface area contributed by atoms with Crippen LogP contribution in [0.1, 0.15) is 24.2 Å². The van der Waals surface area contributed by atoms with Crippen LogP contribution in [0.2, 0.25) is 4.34 Å². The van der Waals surface area contributed by atoms with Gasteiger partial charge in [0.15, 0.2) is 6.10 Å². The Morgan fingerprint density at radius 1 is 1.27 bits per heavy atom. The van der Waals surface area contributed by atoms with Gasteiger partial charge in [0.25, 0.3) is 5.91 Å². The zero-order valence-electron chi connectivity index (χ0n) is 14.3. The number of hydrogen-bond acceptors (Lipinski definition) is 5. The Bertz CT molecular complexity index is 970. The number of pyridine rings is 1. The Hall–Kier alpha value is -2.44. The number of nitrogens with zero attached hydrogens (tertiary/aromatic N) is 1. The van der Waals surface area contributed by atoms with E-state index < -0.39 is 12.1 Å². The molecule has 0 saturated heterocycles. The van der Waals surface area contributed by atoms with Crippen LogP contribution in [-0.2, 0) is 9.53 Å². The van der Waals surface area contributed by atoms with Crippen LogP contribution in [0.5, 0.6) is 0 Å². The van der Waals surface area contributed by atoms with E-state index in [0.29, 0.717) is 33.0 Å². The minimum absolute atomic E-state index is 0.329. The molecule has 7 heteroatoms. The van der Waals surface area contributed by atoms with E-state index in [1.54, 1.807) is 32.0 Å². The highest BCUT2D eigenvalue weighted by Crippen LogP contribution is 2.32. The average molecular weight is 389 g/mol. The fourth-order valence-electron chi connectivity index (χ4n) is 2.52. The molecule has 0 radical (unpaired) electrons. The first-order valence-corrected chi connectivity index (χ1v) is 9.33. The fraction of sp³-hybridized carbons (Fsp3) is 0.211. The predicted octanol–water partition coefficient (Wildman–Crippen LogP) is 4.30. The number of halogens is 1. The molecule has 0 fully saturated rings. The Morgan fingerprint density at radius 3 is 2.73 bits per heavy atom. The summed E-state index contributed by atoms with van der Waals surface area (Å²) in [7, 11) is 0. The van der Waals surface area contributed by atoms with E-state index in [2.05, 4.69) is 10.3 Å². The molecule has 0 aliphatic carbocycles. The predicted molar refractivity (Wildman–Crippen MR) is 104 cm³/mol. The van der Waals surface area contributed by atoms with Crippen molar-refractivity contribution in [1.82, 2.24) is 10.3 Å². The minimum Gasteiger partial charge on any atom is -0.449 e. The molecule has 2 aromatic heterocycles. The Balaban J connectivity index is 2.00. The molecule has 134 valence electrons. The van der Waals surface area contributed by atoms with Crippen molar-refractivity contribution in [3.05, 3.63) is 52.4 Å². The van der Waals surface area contributed by atoms with Crippen LogP contribution < -0.4 is 5.32 Å². The van der Waals surface area contributed by atoms with Crippen molar-refractivity contribution in [1.29, 1.82) is 0 Å². The zero-order valence-corrected chi connectivity index (χ0v) is 15.9. The standard InChI is InChI=1S/C19H17ClN2O3S/c1-3-21-18(23)11(2)25-19(24)13-10-15(16-8-9-17(20)26-16)22-14-7-5-4-6-12(13)14/h4-11H,3H2,1-2H3,(H,21,23)/t11-/m1/s1. The Kier molecular flexibility index (Phi) is 5.54. The van der Waals surface area contributed by atoms with E-state index in [9.17, 15) is 9.59 Å². The maximum atomic E-state index is 12.7. The lowest BCUT2D eigenvalue weighted by Gasteiger charge is -2.14. The topological polar surface area (TPSA) is 68.3 Å². The first kappa shape index (κ1) is 18.4. The molecule has 0 unspecified atom stereocenters. The van der Waals surface area contributed by atoms with E-state index in [-0.39, 0.29) is 5.91 Å². The van der Waals surface area contributed by atoms with Crippen LogP contribution >= 0.6 is 22.9 Å². The van der Waals surface area contributed by atoms with Crippen molar-refractivity contribution < 1.29 is 14.3 Å². The van der Waals surface area contributed by atoms with Crippen LogP contribution in [0.4, 0.5) is 0 Å². The molecule has 1 amide bonds. The summed E-state index contributed by atoms with van der Waals surface area (Å²) in [5.41, 5.74) is 1.68. The largest absolute Gasteiger partial charge is 0.449 e. The number of hydrogen-bond donors (Lipinski definition) is 1. The van der Waals surface area contributed by atoms with E-state index in [1.165, 1.54) is 11.3 Å². The third-order valence-corrected chi connectivity index (χ3v) is 5.02. The van der Waals surface area contributed by atoms with Crippen molar-refractivity contribution in [2.75, 3.05) is 6.54 Å². The van der Waals surface area contributed by atoms with Gasteiger partial charge in [0.2, 0.25) is 0 Å². The molecule has 2 heterocycles. The first-order chi connectivity index (χ1) is 12.5. The normalized spacial score (nSPS) is 12.0. The highest BCUT2D eigenvalue weighted by atomic mass is 35.5. The monoisotopic (exact) mass is 388 g/mol. The van der Waals surface area contributed by atoms with Crippen LogP contribution in [-0.4, -0.2) is 29.5 Å². The highest BCUT2D eigenvalue weighted by Gasteiger charge is 2.21. The molecule has 26 heavy (non-hydrogen) atoms. The number of rotatable bonds is 5. The lowest BCUT2D eigenvalue weighted by atomic mass is 10.1. The molecule has 5 nitrogen and oxygen atoms in total. The molecule has 0 saturated carbocycles. The lowest BCUT2D eigenvalue weighted by molar-refractivity contribution is -0.128. The number of esters is 1. The van der Waals surface area contributed by atoms with Crippen LogP contribution in [0.15, 0.2) is 42.5 Å². The minimum atomic E-state index is -0.881. The van der Waals surface area contributed by atoms with Gasteiger partial charge in [-0.25, -0.2) is 9.78 Å². The van der Waals surface area contributed by atoms with Gasteiger partial charge in [-0.3, -0.25) is 4.79 Å². The summed E-state index contributed by atoms with van der Waals surface area (Å²) in [5, 5.41) is 3.31. The molecule has 1 N–H and O–H groups in total. The smallest absolute Gasteiger partial charge is 0.339 e. The van der Waals surface area contributed by atoms with Gasteiger partial charge >= 0.3 is 5.97 Å². The lowest BCUT2D eigenvalue weighted by Crippen LogP contribution is -2.35. The van der Waals surface area contributed by atoms with Crippen LogP contribution in [0, 0.1) is 0 Å². The maximum absolute atomic E-state index is 12.7. The quantitative estimate of drug-likeness (QED) is 0.662. The van der Waals surface area contributed by atoms with E-state index in [0.717, 1.165) is 4.88 Å². The molecule has 3 rings (SSSR count). The summed E-state index contributed by atoms with van der Waals surface area (Å²) in [6.07, 6.45) is -0.881. The summed E-state index contributed by atoms with van der Waals surface area (Å²) in [4.78, 5) is 30.0. The fourth-order valence-corrected chi connectivity index (χ4v) is 3.52. The van der Waals surface area contributed by atoms with E-state index >= 15 is 0 Å². The van der Waals surface area contributed by atoms with Crippen molar-refractivity contribution in [3.63, 3.8) is 0 Å². The molecule has 0 spiro atoms. The van der Waals surface area contributed by atoms with Gasteiger partial charge in [-0.1, -0.05) is 29.8 Å². The molecular weight excluding hydrogens is 372 g/mol. The van der Waals surface area contributed by atoms with Crippen LogP contribution in [0.25, 0.3) is 21.5 Å². The summed E-state index contributed by atoms with van der Waals surface area (Å²) < 4.78 is 6.00. The molecule has 1 atom stereocenters. The Labute approximate surface area is 160 Å². The third kappa shape index (κ3) is 3.86. The number of aromatic nitrogens is 1. The molecule has 0 aliphatic heterocycles. The van der Waals surface area contributed by atoms with Crippen LogP contribution in [0.3, 0.4) is 0 Å². The van der Waals surface area contributed by atoms with Crippen molar-refractivity contribution >= 4 is 45.7 Å². The third-order valence-electron chi connectivity index (χ3n) is 3.77. The number of ether oxygens (including phenoxy) is 1. The summed E-state index contributed by atoms with van der Waals surface area (Å²) in [6.45, 7) is 3.83. The molecule has 0 bridgehead atoms. The number of carbonyl (C=O) groups is 2. The number of nitrogens with one attached hydrogen (secondary N) is 1. The summed E-state index contributed by atoms with van der Waals surface area (Å²) in [6, 6.07) is 12.6. The summed E-state index contributed by atoms with van der Waals surface area (Å²) in [5.74, 6) is -0.893. The van der Waals surface area contributed by atoms with Gasteiger partial charge in [-0.05, 0) is 38.1 Å². The number of amides is 1. The van der Waals surface area contributed by atoms with Gasteiger partial charge in [-0.15, -0.1) is 11.3 Å². The molecule has 1 aromatic carbocycles. The summed E-state index contributed by atoms with van der Waals surface area (Å²) >= 11 is 7.40. The van der Waals surface area contributed by atoms with E-state index in [1.807, 2.05) is 24.3 Å². The van der Waals surface area contributed by atoms with Gasteiger partial charge in [-0.2, -0.15) is 0 Å². The molecule has 3 aromatic rings. The van der Waals surface area contributed by atoms with Gasteiger partial charge in [0.05, 0.1) is 26.0 Å². The highest BCUT2D eigenvalue weighted by molar-refractivity contribution is 7.19. The second-order valence-electron chi connectivity index (χ2n) is 5.62. The second kappa shape index (κ2) is 7.85. The maximum Gasteiger partial charge on any atom is 0.339 e. The van der Waals surface area contributed by atoms with Crippen molar-refractivity contribution in [2.24, 2.45) is 0 Å². The van der Waals surface area contributed by atoms with Crippen molar-refractivity contribution in [2.45, 2.75) is 20.0 Å². The number of benzene rings is 1. The molecule has 0 aliphatic rings. The first-order valence-electron chi connectivity index (χ1n) is 8.13.